The van der Waals surface area contributed by atoms with E-state index in [2.05, 4.69) is 0 Å². The Labute approximate surface area is 154 Å². The lowest BCUT2D eigenvalue weighted by atomic mass is 9.89. The van der Waals surface area contributed by atoms with Crippen LogP contribution in [-0.2, 0) is 10.0 Å². The highest BCUT2D eigenvalue weighted by Gasteiger charge is 2.40. The first-order valence-electron chi connectivity index (χ1n) is 7.95. The fourth-order valence-electron chi connectivity index (χ4n) is 3.29. The summed E-state index contributed by atoms with van der Waals surface area (Å²) in [7, 11) is -3.87. The summed E-state index contributed by atoms with van der Waals surface area (Å²) in [5.74, 6) is -0.665. The van der Waals surface area contributed by atoms with Crippen molar-refractivity contribution in [3.63, 3.8) is 0 Å². The van der Waals surface area contributed by atoms with E-state index >= 15 is 0 Å². The maximum atomic E-state index is 14.1. The molecule has 0 saturated carbocycles. The van der Waals surface area contributed by atoms with Gasteiger partial charge in [-0.15, -0.1) is 12.4 Å². The molecule has 2 aromatic carbocycles. The molecule has 1 heterocycles. The van der Waals surface area contributed by atoms with Crippen molar-refractivity contribution in [2.45, 2.75) is 17.7 Å². The number of benzene rings is 2. The highest BCUT2D eigenvalue weighted by atomic mass is 35.5. The van der Waals surface area contributed by atoms with E-state index in [1.54, 1.807) is 13.0 Å². The quantitative estimate of drug-likeness (QED) is 0.881. The summed E-state index contributed by atoms with van der Waals surface area (Å²) in [6.45, 7) is 2.77. The van der Waals surface area contributed by atoms with Crippen LogP contribution in [0.5, 0.6) is 0 Å². The Morgan fingerprint density at radius 2 is 1.84 bits per heavy atom. The molecule has 0 aliphatic carbocycles. The van der Waals surface area contributed by atoms with Crippen molar-refractivity contribution in [2.24, 2.45) is 11.7 Å². The molecule has 0 amide bonds. The molecule has 1 aliphatic rings. The molecule has 1 aliphatic heterocycles. The Morgan fingerprint density at radius 1 is 1.16 bits per heavy atom. The third kappa shape index (κ3) is 3.87. The number of sulfonamides is 1. The molecule has 136 valence electrons. The van der Waals surface area contributed by atoms with Crippen molar-refractivity contribution >= 4 is 22.4 Å². The van der Waals surface area contributed by atoms with Gasteiger partial charge in [-0.25, -0.2) is 12.8 Å². The predicted octanol–water partition coefficient (Wildman–Crippen LogP) is 2.92. The van der Waals surface area contributed by atoms with E-state index in [4.69, 9.17) is 5.73 Å². The molecule has 4 nitrogen and oxygen atoms in total. The number of halogens is 2. The number of nitrogens with zero attached hydrogens (tertiary/aromatic N) is 1. The Hall–Kier alpha value is -1.47. The van der Waals surface area contributed by atoms with E-state index in [1.807, 2.05) is 30.3 Å². The first kappa shape index (κ1) is 19.8. The smallest absolute Gasteiger partial charge is 0.246 e. The van der Waals surface area contributed by atoms with Gasteiger partial charge >= 0.3 is 0 Å². The number of nitrogens with two attached hydrogens (primary N) is 1. The summed E-state index contributed by atoms with van der Waals surface area (Å²) in [6, 6.07) is 13.9. The standard InChI is InChI=1S/C18H21FN2O2S.ClH/c1-13-7-8-17(19)18(9-13)24(22,23)21-11-15(10-20)16(12-21)14-5-3-2-4-6-14;/h2-9,15-16H,10-12,20H2,1H3;1H/t15-,16+;/m1./s1. The largest absolute Gasteiger partial charge is 0.330 e. The SMILES string of the molecule is Cc1ccc(F)c(S(=O)(=O)N2C[C@@H](CN)[C@H](c3ccccc3)C2)c1.Cl. The lowest BCUT2D eigenvalue weighted by Gasteiger charge is -2.17. The molecule has 3 rings (SSSR count). The summed E-state index contributed by atoms with van der Waals surface area (Å²) < 4.78 is 41.2. The Bertz CT molecular complexity index is 830. The fourth-order valence-corrected chi connectivity index (χ4v) is 4.96. The maximum absolute atomic E-state index is 14.1. The first-order chi connectivity index (χ1) is 11.4. The summed E-state index contributed by atoms with van der Waals surface area (Å²) in [4.78, 5) is -0.257. The van der Waals surface area contributed by atoms with Crippen LogP contribution < -0.4 is 5.73 Å². The molecule has 0 radical (unpaired) electrons. The summed E-state index contributed by atoms with van der Waals surface area (Å²) >= 11 is 0. The molecule has 1 saturated heterocycles. The van der Waals surface area contributed by atoms with Gasteiger partial charge in [0.25, 0.3) is 0 Å². The van der Waals surface area contributed by atoms with Gasteiger partial charge in [-0.05, 0) is 42.6 Å². The first-order valence-corrected chi connectivity index (χ1v) is 9.39. The Balaban J connectivity index is 0.00000225. The molecule has 0 bridgehead atoms. The molecule has 0 unspecified atom stereocenters. The van der Waals surface area contributed by atoms with Gasteiger partial charge < -0.3 is 5.73 Å². The molecule has 1 fully saturated rings. The van der Waals surface area contributed by atoms with E-state index in [0.29, 0.717) is 25.2 Å². The average molecular weight is 385 g/mol. The van der Waals surface area contributed by atoms with Crippen molar-refractivity contribution in [3.8, 4) is 0 Å². The predicted molar refractivity (Wildman–Crippen MR) is 98.9 cm³/mol. The van der Waals surface area contributed by atoms with Crippen molar-refractivity contribution in [3.05, 3.63) is 65.5 Å². The average Bonchev–Trinajstić information content (AvgIpc) is 3.03. The van der Waals surface area contributed by atoms with Gasteiger partial charge in [0.05, 0.1) is 0 Å². The monoisotopic (exact) mass is 384 g/mol. The zero-order valence-electron chi connectivity index (χ0n) is 13.9. The minimum absolute atomic E-state index is 0. The normalized spacial score (nSPS) is 21.1. The van der Waals surface area contributed by atoms with Crippen LogP contribution in [0.2, 0.25) is 0 Å². The minimum Gasteiger partial charge on any atom is -0.330 e. The van der Waals surface area contributed by atoms with Crippen LogP contribution in [0, 0.1) is 18.7 Å². The summed E-state index contributed by atoms with van der Waals surface area (Å²) in [5, 5.41) is 0. The molecule has 2 atom stereocenters. The van der Waals surface area contributed by atoms with Crippen LogP contribution >= 0.6 is 12.4 Å². The van der Waals surface area contributed by atoms with Gasteiger partial charge in [0.2, 0.25) is 10.0 Å². The van der Waals surface area contributed by atoms with Crippen molar-refractivity contribution in [1.82, 2.24) is 4.31 Å². The Morgan fingerprint density at radius 3 is 2.48 bits per heavy atom. The zero-order chi connectivity index (χ0) is 17.3. The lowest BCUT2D eigenvalue weighted by Crippen LogP contribution is -2.30. The van der Waals surface area contributed by atoms with Crippen molar-refractivity contribution < 1.29 is 12.8 Å². The van der Waals surface area contributed by atoms with Gasteiger partial charge in [-0.1, -0.05) is 36.4 Å². The topological polar surface area (TPSA) is 63.4 Å². The summed E-state index contributed by atoms with van der Waals surface area (Å²) in [5.41, 5.74) is 7.64. The molecule has 0 aromatic heterocycles. The van der Waals surface area contributed by atoms with E-state index in [1.165, 1.54) is 16.4 Å². The Kier molecular flexibility index (Phi) is 6.21. The second-order valence-corrected chi connectivity index (χ2v) is 8.18. The molecular weight excluding hydrogens is 363 g/mol. The minimum atomic E-state index is -3.87. The lowest BCUT2D eigenvalue weighted by molar-refractivity contribution is 0.453. The molecule has 2 N–H and O–H groups in total. The number of aryl methyl sites for hydroxylation is 1. The maximum Gasteiger partial charge on any atom is 0.246 e. The highest BCUT2D eigenvalue weighted by Crippen LogP contribution is 2.35. The van der Waals surface area contributed by atoms with Crippen LogP contribution in [0.15, 0.2) is 53.4 Å². The summed E-state index contributed by atoms with van der Waals surface area (Å²) in [6.07, 6.45) is 0. The van der Waals surface area contributed by atoms with Gasteiger partial charge in [0.15, 0.2) is 0 Å². The van der Waals surface area contributed by atoms with Gasteiger partial charge in [-0.2, -0.15) is 4.31 Å². The molecule has 2 aromatic rings. The van der Waals surface area contributed by atoms with Crippen LogP contribution in [0.4, 0.5) is 4.39 Å². The van der Waals surface area contributed by atoms with E-state index in [-0.39, 0.29) is 29.1 Å². The molecular formula is C18H22ClFN2O2S. The second kappa shape index (κ2) is 7.83. The highest BCUT2D eigenvalue weighted by molar-refractivity contribution is 7.89. The van der Waals surface area contributed by atoms with Crippen molar-refractivity contribution in [2.75, 3.05) is 19.6 Å². The number of hydrogen-bond acceptors (Lipinski definition) is 3. The third-order valence-corrected chi connectivity index (χ3v) is 6.49. The van der Waals surface area contributed by atoms with Crippen LogP contribution in [0.3, 0.4) is 0 Å². The van der Waals surface area contributed by atoms with Gasteiger partial charge in [-0.3, -0.25) is 0 Å². The van der Waals surface area contributed by atoms with E-state index in [9.17, 15) is 12.8 Å². The fraction of sp³-hybridized carbons (Fsp3) is 0.333. The van der Waals surface area contributed by atoms with Crippen LogP contribution in [0.25, 0.3) is 0 Å². The number of hydrogen-bond donors (Lipinski definition) is 1. The van der Waals surface area contributed by atoms with Gasteiger partial charge in [0.1, 0.15) is 10.7 Å². The van der Waals surface area contributed by atoms with E-state index in [0.717, 1.165) is 5.56 Å². The third-order valence-electron chi connectivity index (χ3n) is 4.64. The van der Waals surface area contributed by atoms with E-state index < -0.39 is 15.8 Å². The van der Waals surface area contributed by atoms with Crippen LogP contribution in [-0.4, -0.2) is 32.4 Å². The molecule has 7 heteroatoms. The molecule has 25 heavy (non-hydrogen) atoms. The number of rotatable bonds is 4. The second-order valence-electron chi connectivity index (χ2n) is 6.27. The zero-order valence-corrected chi connectivity index (χ0v) is 15.6. The molecule has 0 spiro atoms. The van der Waals surface area contributed by atoms with Crippen molar-refractivity contribution in [1.29, 1.82) is 0 Å². The van der Waals surface area contributed by atoms with Crippen LogP contribution in [0.1, 0.15) is 17.0 Å². The van der Waals surface area contributed by atoms with Gasteiger partial charge in [0, 0.05) is 19.0 Å².